The molecular formula is C47H42N2O. The number of aromatic nitrogens is 2. The molecule has 0 spiro atoms. The lowest BCUT2D eigenvalue weighted by Gasteiger charge is -2.24. The summed E-state index contributed by atoms with van der Waals surface area (Å²) in [6.45, 7) is 4.15. The third-order valence-electron chi connectivity index (χ3n) is 10.3. The Morgan fingerprint density at radius 3 is 1.92 bits per heavy atom. The van der Waals surface area contributed by atoms with Crippen LogP contribution in [0.1, 0.15) is 69.0 Å². The van der Waals surface area contributed by atoms with Crippen molar-refractivity contribution in [2.75, 3.05) is 0 Å². The first-order chi connectivity index (χ1) is 24.7. The second-order valence-electron chi connectivity index (χ2n) is 13.6. The number of hydrogen-bond donors (Lipinski definition) is 0. The molecule has 3 nitrogen and oxygen atoms in total. The molecule has 0 bridgehead atoms. The van der Waals surface area contributed by atoms with Gasteiger partial charge in [-0.05, 0) is 83.7 Å². The van der Waals surface area contributed by atoms with Gasteiger partial charge in [-0.15, -0.1) is 0 Å². The van der Waals surface area contributed by atoms with Crippen molar-refractivity contribution in [3.8, 4) is 61.8 Å². The largest absolute Gasteiger partial charge is 0.457 e. The molecule has 1 aromatic heterocycles. The highest BCUT2D eigenvalue weighted by Gasteiger charge is 2.32. The second-order valence-corrected chi connectivity index (χ2v) is 13.6. The zero-order valence-corrected chi connectivity index (χ0v) is 28.8. The van der Waals surface area contributed by atoms with Crippen LogP contribution < -0.4 is 4.74 Å². The fraction of sp³-hybridized carbons (Fsp3) is 0.191. The van der Waals surface area contributed by atoms with Crippen molar-refractivity contribution in [2.45, 2.75) is 57.8 Å². The van der Waals surface area contributed by atoms with Crippen molar-refractivity contribution in [2.24, 2.45) is 0 Å². The van der Waals surface area contributed by atoms with Gasteiger partial charge < -0.3 is 4.74 Å². The highest BCUT2D eigenvalue weighted by molar-refractivity contribution is 5.78. The number of nitrogens with zero attached hydrogens (tertiary/aromatic N) is 2. The molecule has 5 aromatic carbocycles. The first kappa shape index (κ1) is 31.7. The summed E-state index contributed by atoms with van der Waals surface area (Å²) >= 11 is 0. The smallest absolute Gasteiger partial charge is 0.175 e. The van der Waals surface area contributed by atoms with E-state index in [0.717, 1.165) is 39.6 Å². The van der Waals surface area contributed by atoms with Gasteiger partial charge >= 0.3 is 0 Å². The molecule has 3 heteroatoms. The number of rotatable bonds is 7. The van der Waals surface area contributed by atoms with Crippen molar-refractivity contribution in [1.29, 1.82) is 0 Å². The summed E-state index contributed by atoms with van der Waals surface area (Å²) in [4.78, 5) is 10.1. The van der Waals surface area contributed by atoms with Crippen LogP contribution in [-0.2, 0) is 0 Å². The maximum absolute atomic E-state index is 6.37. The molecule has 1 saturated carbocycles. The lowest BCUT2D eigenvalue weighted by molar-refractivity contribution is 0.432. The zero-order chi connectivity index (χ0) is 33.9. The van der Waals surface area contributed by atoms with Crippen molar-refractivity contribution >= 4 is 0 Å². The Morgan fingerprint density at radius 2 is 1.22 bits per heavy atom. The molecular weight excluding hydrogens is 609 g/mol. The number of allylic oxidation sites excluding steroid dienone is 4. The number of benzene rings is 5. The molecule has 246 valence electrons. The first-order valence-corrected chi connectivity index (χ1v) is 18.0. The Morgan fingerprint density at radius 1 is 0.600 bits per heavy atom. The summed E-state index contributed by atoms with van der Waals surface area (Å²) in [6, 6.07) is 45.9. The Balaban J connectivity index is 1.07. The van der Waals surface area contributed by atoms with E-state index in [4.69, 9.17) is 14.7 Å². The molecule has 1 aliphatic heterocycles. The molecule has 0 amide bonds. The third kappa shape index (κ3) is 6.32. The van der Waals surface area contributed by atoms with Gasteiger partial charge in [0.25, 0.3) is 0 Å². The maximum atomic E-state index is 6.37. The summed E-state index contributed by atoms with van der Waals surface area (Å²) in [5.41, 5.74) is 12.7. The predicted octanol–water partition coefficient (Wildman–Crippen LogP) is 12.8. The van der Waals surface area contributed by atoms with E-state index in [1.54, 1.807) is 0 Å². The molecule has 50 heavy (non-hydrogen) atoms. The number of ether oxygens (including phenoxy) is 1. The van der Waals surface area contributed by atoms with E-state index >= 15 is 0 Å². The third-order valence-corrected chi connectivity index (χ3v) is 10.3. The fourth-order valence-corrected chi connectivity index (χ4v) is 7.55. The van der Waals surface area contributed by atoms with E-state index < -0.39 is 0 Å². The molecule has 1 fully saturated rings. The molecule has 0 radical (unpaired) electrons. The molecule has 0 N–H and O–H groups in total. The molecule has 0 saturated heterocycles. The molecule has 6 aromatic rings. The van der Waals surface area contributed by atoms with Gasteiger partial charge in [-0.3, -0.25) is 0 Å². The van der Waals surface area contributed by atoms with E-state index in [-0.39, 0.29) is 5.92 Å². The van der Waals surface area contributed by atoms with Gasteiger partial charge in [-0.2, -0.15) is 0 Å². The molecule has 1 aliphatic carbocycles. The average Bonchev–Trinajstić information content (AvgIpc) is 3.52. The molecule has 8 rings (SSSR count). The highest BCUT2D eigenvalue weighted by atomic mass is 16.5. The molecule has 2 heterocycles. The van der Waals surface area contributed by atoms with Gasteiger partial charge in [0.1, 0.15) is 11.5 Å². The van der Waals surface area contributed by atoms with Crippen LogP contribution in [0.25, 0.3) is 56.0 Å². The summed E-state index contributed by atoms with van der Waals surface area (Å²) < 4.78 is 6.37. The second kappa shape index (κ2) is 14.1. The maximum Gasteiger partial charge on any atom is 0.175 e. The van der Waals surface area contributed by atoms with Crippen LogP contribution in [0, 0.1) is 0 Å². The van der Waals surface area contributed by atoms with Crippen LogP contribution in [0.2, 0.25) is 0 Å². The van der Waals surface area contributed by atoms with Crippen LogP contribution in [-0.4, -0.2) is 9.97 Å². The fourth-order valence-electron chi connectivity index (χ4n) is 7.55. The van der Waals surface area contributed by atoms with Crippen molar-refractivity contribution < 1.29 is 4.74 Å². The van der Waals surface area contributed by atoms with E-state index in [9.17, 15) is 0 Å². The topological polar surface area (TPSA) is 35.0 Å². The molecule has 1 unspecified atom stereocenters. The van der Waals surface area contributed by atoms with Crippen molar-refractivity contribution in [3.63, 3.8) is 0 Å². The minimum atomic E-state index is 0.0353. The van der Waals surface area contributed by atoms with Crippen LogP contribution in [0.15, 0.2) is 151 Å². The quantitative estimate of drug-likeness (QED) is 0.172. The summed E-state index contributed by atoms with van der Waals surface area (Å²) in [6.07, 6.45) is 12.7. The van der Waals surface area contributed by atoms with Crippen molar-refractivity contribution in [3.05, 3.63) is 163 Å². The normalized spacial score (nSPS) is 16.8. The van der Waals surface area contributed by atoms with Gasteiger partial charge in [-0.1, -0.05) is 153 Å². The average molecular weight is 651 g/mol. The minimum Gasteiger partial charge on any atom is -0.457 e. The van der Waals surface area contributed by atoms with Crippen LogP contribution >= 0.6 is 0 Å². The van der Waals surface area contributed by atoms with Crippen LogP contribution in [0.4, 0.5) is 0 Å². The summed E-state index contributed by atoms with van der Waals surface area (Å²) in [7, 11) is 0. The van der Waals surface area contributed by atoms with E-state index in [2.05, 4.69) is 116 Å². The number of fused-ring (bicyclic) bond motifs is 1. The summed E-state index contributed by atoms with van der Waals surface area (Å²) in [5.74, 6) is 3.05. The van der Waals surface area contributed by atoms with E-state index in [1.807, 2.05) is 43.4 Å². The number of hydrogen-bond acceptors (Lipinski definition) is 3. The van der Waals surface area contributed by atoms with E-state index in [0.29, 0.717) is 11.7 Å². The van der Waals surface area contributed by atoms with Gasteiger partial charge in [0.2, 0.25) is 0 Å². The zero-order valence-electron chi connectivity index (χ0n) is 28.8. The highest BCUT2D eigenvalue weighted by Crippen LogP contribution is 2.45. The van der Waals surface area contributed by atoms with Gasteiger partial charge in [0, 0.05) is 11.1 Å². The van der Waals surface area contributed by atoms with Crippen molar-refractivity contribution in [1.82, 2.24) is 9.97 Å². The Labute approximate surface area is 296 Å². The van der Waals surface area contributed by atoms with Crippen LogP contribution in [0.3, 0.4) is 0 Å². The first-order valence-electron chi connectivity index (χ1n) is 18.0. The van der Waals surface area contributed by atoms with Gasteiger partial charge in [0.05, 0.1) is 11.6 Å². The van der Waals surface area contributed by atoms with E-state index in [1.165, 1.54) is 65.5 Å². The lowest BCUT2D eigenvalue weighted by Crippen LogP contribution is -2.05. The Bertz CT molecular complexity index is 2170. The standard InChI is InChI=1S/C47H42N2O/c1-3-4-22-43-32(2)44-46(50-43)45(37-16-9-6-10-17-37)49-47(48-44)38-29-25-34(26-30-38)40-19-13-18-39(31-40)33-23-27-36(28-24-33)42-21-12-11-20-41(42)35-14-7-5-8-15-35/h3-4,6,9-13,16-32,35H,5,7-8,14-15H2,1-2H3/b4-3-,43-22+. The summed E-state index contributed by atoms with van der Waals surface area (Å²) in [5, 5.41) is 0. The molecule has 2 aliphatic rings. The molecule has 1 atom stereocenters. The predicted molar refractivity (Wildman–Crippen MR) is 207 cm³/mol. The van der Waals surface area contributed by atoms with Crippen LogP contribution in [0.5, 0.6) is 5.75 Å². The lowest BCUT2D eigenvalue weighted by atomic mass is 9.81. The minimum absolute atomic E-state index is 0.0353. The Kier molecular flexibility index (Phi) is 8.96. The van der Waals surface area contributed by atoms with Gasteiger partial charge in [-0.25, -0.2) is 9.97 Å². The monoisotopic (exact) mass is 650 g/mol. The SMILES string of the molecule is C/C=C\C=C1\Oc2c(-c3ccccc3)nc(-c3ccc(-c4cccc(-c5ccc(-c6ccccc6C6CCCCC6)cc5)c4)cc3)nc2C1C. The Hall–Kier alpha value is -5.54. The van der Waals surface area contributed by atoms with Gasteiger partial charge in [0.15, 0.2) is 11.6 Å².